The third kappa shape index (κ3) is 3.26. The SMILES string of the molecule is CC.Cc1cccc(-c2[nH]c3c(F)cc(F)cc3c2C2CC(CN)C2)c1. The molecular formula is C22H26F2N2. The van der Waals surface area contributed by atoms with E-state index in [1.165, 1.54) is 6.07 Å². The lowest BCUT2D eigenvalue weighted by molar-refractivity contribution is 0.274. The number of benzene rings is 2. The molecular weight excluding hydrogens is 330 g/mol. The summed E-state index contributed by atoms with van der Waals surface area (Å²) in [7, 11) is 0. The van der Waals surface area contributed by atoms with Crippen molar-refractivity contribution in [1.82, 2.24) is 4.98 Å². The normalized spacial score (nSPS) is 19.0. The monoisotopic (exact) mass is 356 g/mol. The summed E-state index contributed by atoms with van der Waals surface area (Å²) >= 11 is 0. The van der Waals surface area contributed by atoms with Gasteiger partial charge in [0.05, 0.1) is 11.2 Å². The molecule has 1 aromatic heterocycles. The molecule has 138 valence electrons. The topological polar surface area (TPSA) is 41.8 Å². The zero-order valence-corrected chi connectivity index (χ0v) is 15.6. The van der Waals surface area contributed by atoms with Crippen LogP contribution in [0.3, 0.4) is 0 Å². The van der Waals surface area contributed by atoms with E-state index in [0.717, 1.165) is 41.3 Å². The first kappa shape index (κ1) is 18.6. The average molecular weight is 356 g/mol. The van der Waals surface area contributed by atoms with Crippen molar-refractivity contribution >= 4 is 10.9 Å². The fourth-order valence-corrected chi connectivity index (χ4v) is 3.86. The van der Waals surface area contributed by atoms with Crippen LogP contribution in [0, 0.1) is 24.5 Å². The molecule has 4 heteroatoms. The Balaban J connectivity index is 0.000000948. The molecule has 0 spiro atoms. The minimum Gasteiger partial charge on any atom is -0.352 e. The summed E-state index contributed by atoms with van der Waals surface area (Å²) in [4.78, 5) is 3.21. The zero-order valence-electron chi connectivity index (χ0n) is 15.6. The van der Waals surface area contributed by atoms with Gasteiger partial charge in [0.15, 0.2) is 0 Å². The maximum Gasteiger partial charge on any atom is 0.150 e. The van der Waals surface area contributed by atoms with Crippen molar-refractivity contribution in [3.05, 3.63) is 59.2 Å². The first-order chi connectivity index (χ1) is 12.6. The quantitative estimate of drug-likeness (QED) is 0.603. The Morgan fingerprint density at radius 2 is 1.85 bits per heavy atom. The van der Waals surface area contributed by atoms with Crippen LogP contribution < -0.4 is 5.73 Å². The Morgan fingerprint density at radius 3 is 2.50 bits per heavy atom. The molecule has 0 amide bonds. The standard InChI is InChI=1S/C20H20F2N2.C2H6/c1-11-3-2-4-13(5-11)19-18(14-6-12(7-14)10-23)16-8-15(21)9-17(22)20(16)24-19;1-2/h2-5,8-9,12,14,24H,6-7,10,23H2,1H3;1-2H3. The van der Waals surface area contributed by atoms with Crippen LogP contribution in [0.4, 0.5) is 8.78 Å². The van der Waals surface area contributed by atoms with Gasteiger partial charge in [-0.3, -0.25) is 0 Å². The molecule has 1 heterocycles. The number of aromatic nitrogens is 1. The first-order valence-electron chi connectivity index (χ1n) is 9.34. The fraction of sp³-hybridized carbons (Fsp3) is 0.364. The highest BCUT2D eigenvalue weighted by Crippen LogP contribution is 2.47. The van der Waals surface area contributed by atoms with Crippen LogP contribution in [0.1, 0.15) is 43.7 Å². The lowest BCUT2D eigenvalue weighted by Gasteiger charge is -2.35. The summed E-state index contributed by atoms with van der Waals surface area (Å²) in [6.07, 6.45) is 1.95. The van der Waals surface area contributed by atoms with E-state index in [1.807, 2.05) is 39.0 Å². The number of halogens is 2. The van der Waals surface area contributed by atoms with Gasteiger partial charge in [-0.1, -0.05) is 37.6 Å². The van der Waals surface area contributed by atoms with Crippen LogP contribution >= 0.6 is 0 Å². The van der Waals surface area contributed by atoms with E-state index in [9.17, 15) is 8.78 Å². The minimum absolute atomic E-state index is 0.295. The number of nitrogens with one attached hydrogen (secondary N) is 1. The van der Waals surface area contributed by atoms with Crippen LogP contribution in [-0.2, 0) is 0 Å². The molecule has 2 nitrogen and oxygen atoms in total. The second kappa shape index (κ2) is 7.58. The van der Waals surface area contributed by atoms with Gasteiger partial charge in [-0.25, -0.2) is 8.78 Å². The Morgan fingerprint density at radius 1 is 1.12 bits per heavy atom. The maximum absolute atomic E-state index is 14.3. The van der Waals surface area contributed by atoms with E-state index in [2.05, 4.69) is 11.1 Å². The number of aryl methyl sites for hydroxylation is 1. The Labute approximate surface area is 153 Å². The molecule has 0 atom stereocenters. The van der Waals surface area contributed by atoms with Gasteiger partial charge in [-0.2, -0.15) is 0 Å². The van der Waals surface area contributed by atoms with Crippen LogP contribution in [0.15, 0.2) is 36.4 Å². The molecule has 0 radical (unpaired) electrons. The van der Waals surface area contributed by atoms with E-state index in [-0.39, 0.29) is 0 Å². The van der Waals surface area contributed by atoms with E-state index < -0.39 is 11.6 Å². The molecule has 2 aromatic carbocycles. The van der Waals surface area contributed by atoms with Crippen molar-refractivity contribution in [2.75, 3.05) is 6.54 Å². The third-order valence-electron chi connectivity index (χ3n) is 5.15. The van der Waals surface area contributed by atoms with Gasteiger partial charge in [0.1, 0.15) is 11.6 Å². The Hall–Kier alpha value is -2.20. The molecule has 0 bridgehead atoms. The Kier molecular flexibility index (Phi) is 5.42. The highest BCUT2D eigenvalue weighted by Gasteiger charge is 2.33. The van der Waals surface area contributed by atoms with Crippen LogP contribution in [-0.4, -0.2) is 11.5 Å². The Bertz CT molecular complexity index is 908. The number of rotatable bonds is 3. The first-order valence-corrected chi connectivity index (χ1v) is 9.34. The molecule has 0 aliphatic heterocycles. The van der Waals surface area contributed by atoms with Crippen molar-refractivity contribution in [3.63, 3.8) is 0 Å². The maximum atomic E-state index is 14.3. The molecule has 4 rings (SSSR count). The summed E-state index contributed by atoms with van der Waals surface area (Å²) in [5.74, 6) is -0.279. The smallest absolute Gasteiger partial charge is 0.150 e. The second-order valence-corrected chi connectivity index (χ2v) is 6.86. The van der Waals surface area contributed by atoms with Crippen molar-refractivity contribution in [2.45, 2.75) is 39.5 Å². The summed E-state index contributed by atoms with van der Waals surface area (Å²) in [6, 6.07) is 10.5. The summed E-state index contributed by atoms with van der Waals surface area (Å²) < 4.78 is 28.1. The average Bonchev–Trinajstić information content (AvgIpc) is 2.96. The van der Waals surface area contributed by atoms with Gasteiger partial charge in [0.2, 0.25) is 0 Å². The van der Waals surface area contributed by atoms with Gasteiger partial charge in [0.25, 0.3) is 0 Å². The number of H-pyrrole nitrogens is 1. The molecule has 1 aliphatic carbocycles. The van der Waals surface area contributed by atoms with Crippen molar-refractivity contribution in [3.8, 4) is 11.3 Å². The van der Waals surface area contributed by atoms with Crippen LogP contribution in [0.2, 0.25) is 0 Å². The van der Waals surface area contributed by atoms with Gasteiger partial charge in [-0.05, 0) is 61.4 Å². The molecule has 1 aliphatic rings. The molecule has 0 saturated heterocycles. The van der Waals surface area contributed by atoms with Gasteiger partial charge in [0, 0.05) is 11.5 Å². The van der Waals surface area contributed by atoms with Crippen molar-refractivity contribution in [1.29, 1.82) is 0 Å². The number of hydrogen-bond donors (Lipinski definition) is 2. The molecule has 3 aromatic rings. The van der Waals surface area contributed by atoms with Crippen LogP contribution in [0.5, 0.6) is 0 Å². The third-order valence-corrected chi connectivity index (χ3v) is 5.15. The lowest BCUT2D eigenvalue weighted by Crippen LogP contribution is -2.28. The summed E-state index contributed by atoms with van der Waals surface area (Å²) in [6.45, 7) is 6.70. The molecule has 1 fully saturated rings. The molecule has 1 saturated carbocycles. The highest BCUT2D eigenvalue weighted by molar-refractivity contribution is 5.92. The number of aromatic amines is 1. The zero-order chi connectivity index (χ0) is 18.8. The van der Waals surface area contributed by atoms with Gasteiger partial charge in [-0.15, -0.1) is 0 Å². The van der Waals surface area contributed by atoms with E-state index >= 15 is 0 Å². The number of hydrogen-bond acceptors (Lipinski definition) is 1. The van der Waals surface area contributed by atoms with Crippen molar-refractivity contribution < 1.29 is 8.78 Å². The predicted molar refractivity (Wildman–Crippen MR) is 104 cm³/mol. The molecule has 3 N–H and O–H groups in total. The van der Waals surface area contributed by atoms with E-state index in [0.29, 0.717) is 29.3 Å². The van der Waals surface area contributed by atoms with Gasteiger partial charge < -0.3 is 10.7 Å². The largest absolute Gasteiger partial charge is 0.352 e. The number of fused-ring (bicyclic) bond motifs is 1. The predicted octanol–water partition coefficient (Wildman–Crippen LogP) is 5.90. The van der Waals surface area contributed by atoms with E-state index in [4.69, 9.17) is 5.73 Å². The van der Waals surface area contributed by atoms with E-state index in [1.54, 1.807) is 0 Å². The lowest BCUT2D eigenvalue weighted by atomic mass is 9.70. The molecule has 26 heavy (non-hydrogen) atoms. The summed E-state index contributed by atoms with van der Waals surface area (Å²) in [5.41, 5.74) is 10.2. The van der Waals surface area contributed by atoms with Crippen molar-refractivity contribution in [2.24, 2.45) is 11.7 Å². The fourth-order valence-electron chi connectivity index (χ4n) is 3.86. The highest BCUT2D eigenvalue weighted by atomic mass is 19.1. The second-order valence-electron chi connectivity index (χ2n) is 6.86. The number of nitrogens with two attached hydrogens (primary N) is 1. The van der Waals surface area contributed by atoms with Gasteiger partial charge >= 0.3 is 0 Å². The summed E-state index contributed by atoms with van der Waals surface area (Å²) in [5, 5.41) is 0.657. The van der Waals surface area contributed by atoms with Crippen LogP contribution in [0.25, 0.3) is 22.2 Å². The minimum atomic E-state index is -0.542. The molecule has 0 unspecified atom stereocenters.